The van der Waals surface area contributed by atoms with Gasteiger partial charge in [0.1, 0.15) is 0 Å². The Labute approximate surface area is 105 Å². The second-order valence-corrected chi connectivity index (χ2v) is 4.23. The first-order valence-corrected chi connectivity index (χ1v) is 5.66. The van der Waals surface area contributed by atoms with Crippen LogP contribution in [0.5, 0.6) is 0 Å². The smallest absolute Gasteiger partial charge is 0.328 e. The Morgan fingerprint density at radius 2 is 1.94 bits per heavy atom. The molecule has 0 aliphatic rings. The Bertz CT molecular complexity index is 442. The van der Waals surface area contributed by atoms with Crippen LogP contribution in [-0.4, -0.2) is 34.2 Å². The van der Waals surface area contributed by atoms with Gasteiger partial charge in [-0.05, 0) is 25.0 Å². The molecule has 98 valence electrons. The molecule has 0 aliphatic carbocycles. The van der Waals surface area contributed by atoms with Crippen molar-refractivity contribution in [3.8, 4) is 0 Å². The van der Waals surface area contributed by atoms with E-state index in [-0.39, 0.29) is 6.42 Å². The summed E-state index contributed by atoms with van der Waals surface area (Å²) in [6.45, 7) is 3.21. The minimum Gasteiger partial charge on any atom is -0.480 e. The highest BCUT2D eigenvalue weighted by Gasteiger charge is 2.24. The largest absolute Gasteiger partial charge is 0.480 e. The number of carboxylic acid groups (broad SMARTS) is 1. The monoisotopic (exact) mass is 251 g/mol. The molecule has 5 heteroatoms. The van der Waals surface area contributed by atoms with E-state index < -0.39 is 24.0 Å². The maximum atomic E-state index is 11.7. The Morgan fingerprint density at radius 3 is 2.44 bits per heavy atom. The number of carboxylic acids is 1. The summed E-state index contributed by atoms with van der Waals surface area (Å²) < 4.78 is 0. The first-order chi connectivity index (χ1) is 8.41. The molecule has 1 aromatic rings. The number of benzene rings is 1. The Hall–Kier alpha value is -1.88. The Kier molecular flexibility index (Phi) is 4.85. The minimum atomic E-state index is -1.28. The molecule has 5 nitrogen and oxygen atoms in total. The van der Waals surface area contributed by atoms with Crippen molar-refractivity contribution in [1.29, 1.82) is 0 Å². The third-order valence-corrected chi connectivity index (χ3v) is 2.68. The third-order valence-electron chi connectivity index (χ3n) is 2.68. The van der Waals surface area contributed by atoms with Crippen molar-refractivity contribution >= 4 is 11.9 Å². The standard InChI is InChI=1S/C13H17NO4/c1-8-5-3-4-6-10(8)7-11(16)14-12(9(2)15)13(17)18/h3-6,9,12,15H,7H2,1-2H3,(H,14,16)(H,17,18). The van der Waals surface area contributed by atoms with Crippen LogP contribution >= 0.6 is 0 Å². The summed E-state index contributed by atoms with van der Waals surface area (Å²) in [6.07, 6.45) is -1.04. The van der Waals surface area contributed by atoms with Gasteiger partial charge in [0.15, 0.2) is 6.04 Å². The second-order valence-electron chi connectivity index (χ2n) is 4.23. The number of hydrogen-bond donors (Lipinski definition) is 3. The van der Waals surface area contributed by atoms with Crippen LogP contribution in [0.2, 0.25) is 0 Å². The quantitative estimate of drug-likeness (QED) is 0.710. The zero-order valence-corrected chi connectivity index (χ0v) is 10.4. The molecule has 1 aromatic carbocycles. The van der Waals surface area contributed by atoms with E-state index in [4.69, 9.17) is 5.11 Å². The molecule has 0 aromatic heterocycles. The molecule has 0 bridgehead atoms. The predicted octanol–water partition coefficient (Wildman–Crippen LogP) is 0.488. The molecular formula is C13H17NO4. The first kappa shape index (κ1) is 14.2. The SMILES string of the molecule is Cc1ccccc1CC(=O)NC(C(=O)O)C(C)O. The maximum Gasteiger partial charge on any atom is 0.328 e. The zero-order chi connectivity index (χ0) is 13.7. The predicted molar refractivity (Wildman–Crippen MR) is 66.1 cm³/mol. The summed E-state index contributed by atoms with van der Waals surface area (Å²) >= 11 is 0. The summed E-state index contributed by atoms with van der Waals surface area (Å²) in [4.78, 5) is 22.5. The highest BCUT2D eigenvalue weighted by atomic mass is 16.4. The average Bonchev–Trinajstić information content (AvgIpc) is 2.28. The van der Waals surface area contributed by atoms with Gasteiger partial charge in [0.05, 0.1) is 12.5 Å². The summed E-state index contributed by atoms with van der Waals surface area (Å²) in [7, 11) is 0. The number of aliphatic hydroxyl groups is 1. The molecule has 0 heterocycles. The molecule has 0 saturated carbocycles. The lowest BCUT2D eigenvalue weighted by Crippen LogP contribution is -2.48. The van der Waals surface area contributed by atoms with Crippen LogP contribution in [0.4, 0.5) is 0 Å². The van der Waals surface area contributed by atoms with Gasteiger partial charge in [-0.3, -0.25) is 4.79 Å². The van der Waals surface area contributed by atoms with E-state index in [1.54, 1.807) is 0 Å². The van der Waals surface area contributed by atoms with Crippen molar-refractivity contribution in [2.45, 2.75) is 32.4 Å². The molecule has 2 unspecified atom stereocenters. The number of nitrogens with one attached hydrogen (secondary N) is 1. The van der Waals surface area contributed by atoms with Gasteiger partial charge in [0, 0.05) is 0 Å². The van der Waals surface area contributed by atoms with Crippen LogP contribution in [0.1, 0.15) is 18.1 Å². The van der Waals surface area contributed by atoms with E-state index in [9.17, 15) is 14.7 Å². The Morgan fingerprint density at radius 1 is 1.33 bits per heavy atom. The molecule has 1 amide bonds. The summed E-state index contributed by atoms with van der Waals surface area (Å²) in [5, 5.41) is 20.4. The van der Waals surface area contributed by atoms with Crippen LogP contribution in [0, 0.1) is 6.92 Å². The molecule has 0 spiro atoms. The normalized spacial score (nSPS) is 13.7. The molecule has 0 aliphatic heterocycles. The van der Waals surface area contributed by atoms with Crippen LogP contribution in [0.25, 0.3) is 0 Å². The van der Waals surface area contributed by atoms with Gasteiger partial charge in [0.25, 0.3) is 0 Å². The van der Waals surface area contributed by atoms with Crippen molar-refractivity contribution < 1.29 is 19.8 Å². The van der Waals surface area contributed by atoms with E-state index in [0.717, 1.165) is 11.1 Å². The molecule has 0 fully saturated rings. The molecule has 0 saturated heterocycles. The number of rotatable bonds is 5. The van der Waals surface area contributed by atoms with E-state index in [1.165, 1.54) is 6.92 Å². The zero-order valence-electron chi connectivity index (χ0n) is 10.4. The third kappa shape index (κ3) is 3.85. The molecule has 0 radical (unpaired) electrons. The van der Waals surface area contributed by atoms with Crippen molar-refractivity contribution in [2.75, 3.05) is 0 Å². The molecular weight excluding hydrogens is 234 g/mol. The van der Waals surface area contributed by atoms with E-state index in [2.05, 4.69) is 5.32 Å². The van der Waals surface area contributed by atoms with E-state index in [1.807, 2.05) is 31.2 Å². The lowest BCUT2D eigenvalue weighted by atomic mass is 10.1. The van der Waals surface area contributed by atoms with Crippen LogP contribution in [-0.2, 0) is 16.0 Å². The number of carbonyl (C=O) groups is 2. The van der Waals surface area contributed by atoms with Gasteiger partial charge >= 0.3 is 5.97 Å². The van der Waals surface area contributed by atoms with Gasteiger partial charge in [0.2, 0.25) is 5.91 Å². The fourth-order valence-corrected chi connectivity index (χ4v) is 1.59. The number of aliphatic hydroxyl groups excluding tert-OH is 1. The number of aryl methyl sites for hydroxylation is 1. The number of hydrogen-bond acceptors (Lipinski definition) is 3. The lowest BCUT2D eigenvalue weighted by Gasteiger charge is -2.17. The fraction of sp³-hybridized carbons (Fsp3) is 0.385. The minimum absolute atomic E-state index is 0.100. The van der Waals surface area contributed by atoms with Crippen LogP contribution in [0.3, 0.4) is 0 Å². The van der Waals surface area contributed by atoms with Crippen molar-refractivity contribution in [2.24, 2.45) is 0 Å². The van der Waals surface area contributed by atoms with Gasteiger partial charge in [-0.15, -0.1) is 0 Å². The van der Waals surface area contributed by atoms with Gasteiger partial charge in [-0.1, -0.05) is 24.3 Å². The first-order valence-electron chi connectivity index (χ1n) is 5.66. The fourth-order valence-electron chi connectivity index (χ4n) is 1.59. The van der Waals surface area contributed by atoms with Crippen molar-refractivity contribution in [3.05, 3.63) is 35.4 Å². The number of aliphatic carboxylic acids is 1. The molecule has 2 atom stereocenters. The summed E-state index contributed by atoms with van der Waals surface area (Å²) in [6, 6.07) is 6.10. The molecule has 3 N–H and O–H groups in total. The van der Waals surface area contributed by atoms with Crippen molar-refractivity contribution in [1.82, 2.24) is 5.32 Å². The Balaban J connectivity index is 2.67. The van der Waals surface area contributed by atoms with Crippen molar-refractivity contribution in [3.63, 3.8) is 0 Å². The van der Waals surface area contributed by atoms with Crippen LogP contribution in [0.15, 0.2) is 24.3 Å². The van der Waals surface area contributed by atoms with Gasteiger partial charge in [-0.25, -0.2) is 4.79 Å². The molecule has 1 rings (SSSR count). The van der Waals surface area contributed by atoms with E-state index >= 15 is 0 Å². The summed E-state index contributed by atoms with van der Waals surface area (Å²) in [5.41, 5.74) is 1.81. The van der Waals surface area contributed by atoms with Crippen LogP contribution < -0.4 is 5.32 Å². The highest BCUT2D eigenvalue weighted by molar-refractivity contribution is 5.85. The van der Waals surface area contributed by atoms with Gasteiger partial charge < -0.3 is 15.5 Å². The van der Waals surface area contributed by atoms with E-state index in [0.29, 0.717) is 0 Å². The molecule has 18 heavy (non-hydrogen) atoms. The topological polar surface area (TPSA) is 86.6 Å². The van der Waals surface area contributed by atoms with Gasteiger partial charge in [-0.2, -0.15) is 0 Å². The average molecular weight is 251 g/mol. The summed E-state index contributed by atoms with van der Waals surface area (Å²) in [5.74, 6) is -1.67. The second kappa shape index (κ2) is 6.16. The maximum absolute atomic E-state index is 11.7. The highest BCUT2D eigenvalue weighted by Crippen LogP contribution is 2.07. The number of amides is 1. The lowest BCUT2D eigenvalue weighted by molar-refractivity contribution is -0.144. The number of carbonyl (C=O) groups excluding carboxylic acids is 1.